The number of carbonyl (C=O) groups excluding carboxylic acids is 1. The van der Waals surface area contributed by atoms with E-state index < -0.39 is 17.4 Å². The molecule has 0 spiro atoms. The Kier molecular flexibility index (Phi) is 3.94. The molecule has 2 aromatic rings. The van der Waals surface area contributed by atoms with E-state index in [1.165, 1.54) is 12.1 Å². The molecule has 0 aliphatic carbocycles. The number of para-hydroxylation sites is 1. The number of nitrogens with one attached hydrogen (secondary N) is 1. The van der Waals surface area contributed by atoms with Gasteiger partial charge in [0.25, 0.3) is 5.91 Å². The number of nitrogens with zero attached hydrogens (tertiary/aromatic N) is 1. The molecule has 0 saturated carbocycles. The van der Waals surface area contributed by atoms with E-state index in [0.717, 1.165) is 18.3 Å². The van der Waals surface area contributed by atoms with Crippen LogP contribution >= 0.6 is 0 Å². The van der Waals surface area contributed by atoms with E-state index >= 15 is 0 Å². The first-order valence-corrected chi connectivity index (χ1v) is 5.85. The van der Waals surface area contributed by atoms with Gasteiger partial charge in [0.1, 0.15) is 23.0 Å². The van der Waals surface area contributed by atoms with Crippen molar-refractivity contribution >= 4 is 12.1 Å². The third kappa shape index (κ3) is 3.21. The summed E-state index contributed by atoms with van der Waals surface area (Å²) in [6.45, 7) is 0. The molecule has 5 N–H and O–H groups in total. The van der Waals surface area contributed by atoms with E-state index in [1.54, 1.807) is 12.1 Å². The molecule has 7 heteroatoms. The molecule has 0 radical (unpaired) electrons. The van der Waals surface area contributed by atoms with Crippen LogP contribution in [0, 0.1) is 0 Å². The Balaban J connectivity index is 2.13. The van der Waals surface area contributed by atoms with Crippen LogP contribution in [0.3, 0.4) is 0 Å². The lowest BCUT2D eigenvalue weighted by atomic mass is 10.2. The minimum Gasteiger partial charge on any atom is -0.508 e. The molecule has 0 bridgehead atoms. The van der Waals surface area contributed by atoms with Crippen molar-refractivity contribution in [3.63, 3.8) is 0 Å². The fourth-order valence-corrected chi connectivity index (χ4v) is 1.62. The third-order valence-corrected chi connectivity index (χ3v) is 2.63. The van der Waals surface area contributed by atoms with Gasteiger partial charge in [0, 0.05) is 12.1 Å². The van der Waals surface area contributed by atoms with Crippen LogP contribution in [0.15, 0.2) is 41.5 Å². The van der Waals surface area contributed by atoms with Gasteiger partial charge in [-0.15, -0.1) is 0 Å². The highest BCUT2D eigenvalue weighted by atomic mass is 16.3. The molecule has 0 atom stereocenters. The summed E-state index contributed by atoms with van der Waals surface area (Å²) < 4.78 is 0. The van der Waals surface area contributed by atoms with Gasteiger partial charge in [-0.25, -0.2) is 5.43 Å². The highest BCUT2D eigenvalue weighted by molar-refractivity contribution is 5.97. The molecule has 2 rings (SSSR count). The number of phenols is 4. The smallest absolute Gasteiger partial charge is 0.275 e. The Morgan fingerprint density at radius 3 is 2.24 bits per heavy atom. The molecule has 7 nitrogen and oxygen atoms in total. The molecule has 2 aromatic carbocycles. The van der Waals surface area contributed by atoms with Gasteiger partial charge >= 0.3 is 0 Å². The highest BCUT2D eigenvalue weighted by Crippen LogP contribution is 2.30. The third-order valence-electron chi connectivity index (χ3n) is 2.63. The van der Waals surface area contributed by atoms with Gasteiger partial charge in [0.2, 0.25) is 0 Å². The van der Waals surface area contributed by atoms with Gasteiger partial charge < -0.3 is 20.4 Å². The number of aromatic hydroxyl groups is 4. The lowest BCUT2D eigenvalue weighted by Crippen LogP contribution is -2.17. The van der Waals surface area contributed by atoms with Crippen molar-refractivity contribution in [3.05, 3.63) is 47.5 Å². The van der Waals surface area contributed by atoms with Crippen LogP contribution in [-0.4, -0.2) is 32.5 Å². The van der Waals surface area contributed by atoms with E-state index in [0.29, 0.717) is 0 Å². The molecule has 0 heterocycles. The topological polar surface area (TPSA) is 122 Å². The van der Waals surface area contributed by atoms with E-state index in [4.69, 9.17) is 5.11 Å². The Labute approximate surface area is 119 Å². The minimum atomic E-state index is -0.651. The van der Waals surface area contributed by atoms with Crippen molar-refractivity contribution < 1.29 is 25.2 Å². The number of hydrogen-bond acceptors (Lipinski definition) is 6. The predicted octanol–water partition coefficient (Wildman–Crippen LogP) is 1.27. The largest absolute Gasteiger partial charge is 0.508 e. The van der Waals surface area contributed by atoms with E-state index in [1.807, 2.05) is 0 Å². The van der Waals surface area contributed by atoms with Crippen molar-refractivity contribution in [3.8, 4) is 23.0 Å². The Bertz CT molecular complexity index is 689. The van der Waals surface area contributed by atoms with Crippen LogP contribution in [-0.2, 0) is 0 Å². The molecule has 21 heavy (non-hydrogen) atoms. The summed E-state index contributed by atoms with van der Waals surface area (Å²) in [5, 5.41) is 41.3. The zero-order chi connectivity index (χ0) is 15.4. The predicted molar refractivity (Wildman–Crippen MR) is 74.6 cm³/mol. The summed E-state index contributed by atoms with van der Waals surface area (Å²) in [5.74, 6) is -1.94. The molecule has 1 amide bonds. The van der Waals surface area contributed by atoms with E-state index in [9.17, 15) is 20.1 Å². The van der Waals surface area contributed by atoms with Crippen molar-refractivity contribution in [2.45, 2.75) is 0 Å². The summed E-state index contributed by atoms with van der Waals surface area (Å²) in [6.07, 6.45) is 1.02. The zero-order valence-corrected chi connectivity index (χ0v) is 10.7. The van der Waals surface area contributed by atoms with Crippen LogP contribution in [0.4, 0.5) is 0 Å². The zero-order valence-electron chi connectivity index (χ0n) is 10.7. The standard InChI is InChI=1S/C14H12N2O5/c17-8-5-12(19)10(13(20)6-8)7-15-16-14(21)9-3-1-2-4-11(9)18/h1-7,17-20H,(H,16,21)/b15-7+. The van der Waals surface area contributed by atoms with Gasteiger partial charge in [-0.1, -0.05) is 12.1 Å². The Morgan fingerprint density at radius 2 is 1.62 bits per heavy atom. The molecule has 108 valence electrons. The summed E-state index contributed by atoms with van der Waals surface area (Å²) in [7, 11) is 0. The van der Waals surface area contributed by atoms with Crippen molar-refractivity contribution in [1.82, 2.24) is 5.43 Å². The maximum absolute atomic E-state index is 11.7. The average Bonchev–Trinajstić information content (AvgIpc) is 2.42. The maximum atomic E-state index is 11.7. The minimum absolute atomic E-state index is 0.0359. The normalized spacial score (nSPS) is 10.7. The van der Waals surface area contributed by atoms with Gasteiger partial charge in [0.05, 0.1) is 17.3 Å². The van der Waals surface area contributed by atoms with Crippen LogP contribution < -0.4 is 5.43 Å². The van der Waals surface area contributed by atoms with Crippen LogP contribution in [0.5, 0.6) is 23.0 Å². The van der Waals surface area contributed by atoms with Crippen LogP contribution in [0.2, 0.25) is 0 Å². The number of rotatable bonds is 3. The summed E-state index contributed by atoms with van der Waals surface area (Å²) in [5.41, 5.74) is 2.11. The Morgan fingerprint density at radius 1 is 1.00 bits per heavy atom. The Hall–Kier alpha value is -3.22. The highest BCUT2D eigenvalue weighted by Gasteiger charge is 2.10. The lowest BCUT2D eigenvalue weighted by Gasteiger charge is -2.04. The fourth-order valence-electron chi connectivity index (χ4n) is 1.62. The molecule has 0 unspecified atom stereocenters. The summed E-state index contributed by atoms with van der Waals surface area (Å²) in [6, 6.07) is 7.96. The lowest BCUT2D eigenvalue weighted by molar-refractivity contribution is 0.0952. The van der Waals surface area contributed by atoms with Crippen molar-refractivity contribution in [2.24, 2.45) is 5.10 Å². The van der Waals surface area contributed by atoms with Gasteiger partial charge in [-0.3, -0.25) is 4.79 Å². The number of hydrogen-bond donors (Lipinski definition) is 5. The SMILES string of the molecule is O=C(N/N=C/c1c(O)cc(O)cc1O)c1ccccc1O. The number of carbonyl (C=O) groups is 1. The second kappa shape index (κ2) is 5.83. The quantitative estimate of drug-likeness (QED) is 0.430. The second-order valence-corrected chi connectivity index (χ2v) is 4.11. The molecular formula is C14H12N2O5. The first-order chi connectivity index (χ1) is 9.99. The van der Waals surface area contributed by atoms with Crippen molar-refractivity contribution in [1.29, 1.82) is 0 Å². The number of hydrazone groups is 1. The van der Waals surface area contributed by atoms with Crippen molar-refractivity contribution in [2.75, 3.05) is 0 Å². The van der Waals surface area contributed by atoms with E-state index in [2.05, 4.69) is 10.5 Å². The van der Waals surface area contributed by atoms with Crippen LogP contribution in [0.1, 0.15) is 15.9 Å². The molecule has 0 fully saturated rings. The molecular weight excluding hydrogens is 276 g/mol. The number of benzene rings is 2. The van der Waals surface area contributed by atoms with Gasteiger partial charge in [0.15, 0.2) is 0 Å². The molecule has 0 aliphatic rings. The summed E-state index contributed by atoms with van der Waals surface area (Å²) >= 11 is 0. The maximum Gasteiger partial charge on any atom is 0.275 e. The van der Waals surface area contributed by atoms with Gasteiger partial charge in [-0.05, 0) is 12.1 Å². The first kappa shape index (κ1) is 14.2. The fraction of sp³-hybridized carbons (Fsp3) is 0. The second-order valence-electron chi connectivity index (χ2n) is 4.11. The molecule has 0 saturated heterocycles. The summed E-state index contributed by atoms with van der Waals surface area (Å²) in [4.78, 5) is 11.7. The monoisotopic (exact) mass is 288 g/mol. The van der Waals surface area contributed by atoms with Crippen LogP contribution in [0.25, 0.3) is 0 Å². The van der Waals surface area contributed by atoms with Gasteiger partial charge in [-0.2, -0.15) is 5.10 Å². The van der Waals surface area contributed by atoms with E-state index in [-0.39, 0.29) is 22.6 Å². The molecule has 0 aliphatic heterocycles. The number of phenolic OH excluding ortho intramolecular Hbond substituents is 4. The average molecular weight is 288 g/mol. The molecule has 0 aromatic heterocycles. The first-order valence-electron chi connectivity index (χ1n) is 5.85. The number of amides is 1.